The molecule has 0 saturated carbocycles. The Morgan fingerprint density at radius 2 is 1.41 bits per heavy atom. The fraction of sp³-hybridized carbons (Fsp3) is 0.917. The van der Waals surface area contributed by atoms with E-state index in [1.807, 2.05) is 20.8 Å². The van der Waals surface area contributed by atoms with Crippen molar-refractivity contribution in [1.29, 1.82) is 5.26 Å². The Morgan fingerprint density at radius 1 is 0.882 bits per heavy atom. The molecule has 0 N–H and O–H groups in total. The van der Waals surface area contributed by atoms with Crippen LogP contribution >= 0.6 is 0 Å². The van der Waals surface area contributed by atoms with Crippen molar-refractivity contribution in [1.82, 2.24) is 0 Å². The quantitative estimate of drug-likeness (QED) is 0.422. The predicted molar refractivity (Wildman–Crippen MR) is 69.5 cm³/mol. The van der Waals surface area contributed by atoms with E-state index in [2.05, 4.69) is 6.07 Å². The average molecular weight is 259 g/mol. The molecule has 0 aliphatic heterocycles. The summed E-state index contributed by atoms with van der Waals surface area (Å²) < 4.78 is 17.2. The molecule has 0 amide bonds. The third-order valence-electron chi connectivity index (χ3n) is 2.36. The molecule has 0 fully saturated rings. The van der Waals surface area contributed by atoms with Gasteiger partial charge in [0.2, 0.25) is 0 Å². The van der Waals surface area contributed by atoms with E-state index in [1.165, 1.54) is 0 Å². The molecule has 0 saturated heterocycles. The molecular formula is C12H25NO3Si. The summed E-state index contributed by atoms with van der Waals surface area (Å²) in [7, 11) is -2.44. The minimum Gasteiger partial charge on any atom is -0.374 e. The Kier molecular flexibility index (Phi) is 10.5. The lowest BCUT2D eigenvalue weighted by Crippen LogP contribution is -2.45. The second-order valence-electron chi connectivity index (χ2n) is 3.70. The van der Waals surface area contributed by atoms with Gasteiger partial charge in [0.1, 0.15) is 0 Å². The zero-order valence-corrected chi connectivity index (χ0v) is 12.3. The van der Waals surface area contributed by atoms with Crippen LogP contribution in [0.15, 0.2) is 0 Å². The number of unbranched alkanes of at least 4 members (excludes halogenated alkanes) is 3. The van der Waals surface area contributed by atoms with Gasteiger partial charge >= 0.3 is 8.80 Å². The van der Waals surface area contributed by atoms with Crippen molar-refractivity contribution in [3.8, 4) is 6.07 Å². The van der Waals surface area contributed by atoms with E-state index in [0.29, 0.717) is 26.2 Å². The van der Waals surface area contributed by atoms with Crippen LogP contribution in [0.25, 0.3) is 0 Å². The van der Waals surface area contributed by atoms with Gasteiger partial charge in [0.05, 0.1) is 6.07 Å². The zero-order chi connectivity index (χ0) is 13.0. The van der Waals surface area contributed by atoms with Crippen LogP contribution < -0.4 is 0 Å². The van der Waals surface area contributed by atoms with E-state index < -0.39 is 8.80 Å². The first-order valence-corrected chi connectivity index (χ1v) is 8.46. The summed E-state index contributed by atoms with van der Waals surface area (Å²) in [4.78, 5) is 0. The first kappa shape index (κ1) is 16.6. The maximum atomic E-state index is 8.46. The maximum Gasteiger partial charge on any atom is 0.500 e. The van der Waals surface area contributed by atoms with E-state index in [4.69, 9.17) is 18.5 Å². The molecule has 0 aromatic rings. The lowest BCUT2D eigenvalue weighted by Gasteiger charge is -2.28. The molecule has 0 spiro atoms. The Morgan fingerprint density at radius 3 is 1.82 bits per heavy atom. The molecule has 100 valence electrons. The van der Waals surface area contributed by atoms with E-state index in [9.17, 15) is 0 Å². The smallest absolute Gasteiger partial charge is 0.374 e. The fourth-order valence-corrected chi connectivity index (χ4v) is 4.41. The SMILES string of the molecule is CCO[Si](CCCCCC#N)(OCC)OCC. The van der Waals surface area contributed by atoms with Crippen LogP contribution in [0.4, 0.5) is 0 Å². The molecule has 0 radical (unpaired) electrons. The van der Waals surface area contributed by atoms with Crippen molar-refractivity contribution in [3.63, 3.8) is 0 Å². The summed E-state index contributed by atoms with van der Waals surface area (Å²) in [5, 5.41) is 8.46. The molecule has 0 aromatic heterocycles. The molecule has 0 rings (SSSR count). The minimum absolute atomic E-state index is 0.629. The number of hydrogen-bond acceptors (Lipinski definition) is 4. The minimum atomic E-state index is -2.44. The standard InChI is InChI=1S/C12H25NO3Si/c1-4-14-17(15-5-2,16-6-3)12-10-8-7-9-11-13/h4-10,12H2,1-3H3. The van der Waals surface area contributed by atoms with E-state index in [-0.39, 0.29) is 0 Å². The van der Waals surface area contributed by atoms with E-state index in [0.717, 1.165) is 25.3 Å². The second-order valence-corrected chi connectivity index (χ2v) is 6.43. The molecule has 0 heterocycles. The van der Waals surface area contributed by atoms with Gasteiger partial charge < -0.3 is 13.3 Å². The number of rotatable bonds is 11. The summed E-state index contributed by atoms with van der Waals surface area (Å²) in [6.07, 6.45) is 3.63. The lowest BCUT2D eigenvalue weighted by atomic mass is 10.2. The van der Waals surface area contributed by atoms with Crippen LogP contribution in [0.1, 0.15) is 46.5 Å². The summed E-state index contributed by atoms with van der Waals surface area (Å²) in [6, 6.07) is 3.01. The van der Waals surface area contributed by atoms with Gasteiger partial charge in [-0.2, -0.15) is 5.26 Å². The molecule has 4 nitrogen and oxygen atoms in total. The van der Waals surface area contributed by atoms with Crippen LogP contribution in [-0.4, -0.2) is 28.6 Å². The number of nitrogens with zero attached hydrogens (tertiary/aromatic N) is 1. The third-order valence-corrected chi connectivity index (χ3v) is 5.52. The van der Waals surface area contributed by atoms with E-state index in [1.54, 1.807) is 0 Å². The topological polar surface area (TPSA) is 51.5 Å². The van der Waals surface area contributed by atoms with Gasteiger partial charge in [0.15, 0.2) is 0 Å². The largest absolute Gasteiger partial charge is 0.500 e. The first-order chi connectivity index (χ1) is 8.24. The molecule has 0 bridgehead atoms. The van der Waals surface area contributed by atoms with Crippen LogP contribution in [0.2, 0.25) is 6.04 Å². The predicted octanol–water partition coefficient (Wildman–Crippen LogP) is 3.12. The van der Waals surface area contributed by atoms with Crippen molar-refractivity contribution in [2.75, 3.05) is 19.8 Å². The van der Waals surface area contributed by atoms with Gasteiger partial charge in [-0.3, -0.25) is 0 Å². The summed E-state index contributed by atoms with van der Waals surface area (Å²) in [6.45, 7) is 7.79. The summed E-state index contributed by atoms with van der Waals surface area (Å²) in [5.74, 6) is 0. The van der Waals surface area contributed by atoms with Crippen LogP contribution in [0, 0.1) is 11.3 Å². The molecular weight excluding hydrogens is 234 g/mol. The Hall–Kier alpha value is -0.413. The van der Waals surface area contributed by atoms with Crippen molar-refractivity contribution in [3.05, 3.63) is 0 Å². The van der Waals surface area contributed by atoms with Gasteiger partial charge in [-0.15, -0.1) is 0 Å². The highest BCUT2D eigenvalue weighted by Gasteiger charge is 2.39. The molecule has 0 aromatic carbocycles. The molecule has 0 unspecified atom stereocenters. The molecule has 0 aliphatic rings. The van der Waals surface area contributed by atoms with Gasteiger partial charge in [-0.1, -0.05) is 6.42 Å². The van der Waals surface area contributed by atoms with Crippen molar-refractivity contribution in [2.24, 2.45) is 0 Å². The highest BCUT2D eigenvalue weighted by molar-refractivity contribution is 6.60. The van der Waals surface area contributed by atoms with Crippen molar-refractivity contribution in [2.45, 2.75) is 52.5 Å². The van der Waals surface area contributed by atoms with Gasteiger partial charge in [0, 0.05) is 32.3 Å². The fourth-order valence-electron chi connectivity index (χ4n) is 1.72. The van der Waals surface area contributed by atoms with Crippen LogP contribution in [-0.2, 0) is 13.3 Å². The van der Waals surface area contributed by atoms with Gasteiger partial charge in [0.25, 0.3) is 0 Å². The molecule has 0 atom stereocenters. The monoisotopic (exact) mass is 259 g/mol. The van der Waals surface area contributed by atoms with Crippen molar-refractivity contribution >= 4 is 8.80 Å². The number of hydrogen-bond donors (Lipinski definition) is 0. The summed E-state index contributed by atoms with van der Waals surface area (Å²) in [5.41, 5.74) is 0. The average Bonchev–Trinajstić information content (AvgIpc) is 2.30. The molecule has 5 heteroatoms. The van der Waals surface area contributed by atoms with Gasteiger partial charge in [-0.05, 0) is 33.6 Å². The lowest BCUT2D eigenvalue weighted by molar-refractivity contribution is 0.0706. The highest BCUT2D eigenvalue weighted by Crippen LogP contribution is 2.20. The highest BCUT2D eigenvalue weighted by atomic mass is 28.4. The zero-order valence-electron chi connectivity index (χ0n) is 11.3. The molecule has 17 heavy (non-hydrogen) atoms. The van der Waals surface area contributed by atoms with Crippen LogP contribution in [0.5, 0.6) is 0 Å². The Labute approximate surface area is 106 Å². The first-order valence-electron chi connectivity index (χ1n) is 6.53. The molecule has 0 aliphatic carbocycles. The third kappa shape index (κ3) is 7.50. The maximum absolute atomic E-state index is 8.46. The van der Waals surface area contributed by atoms with Crippen LogP contribution in [0.3, 0.4) is 0 Å². The normalized spacial score (nSPS) is 11.4. The number of nitriles is 1. The van der Waals surface area contributed by atoms with Crippen molar-refractivity contribution < 1.29 is 13.3 Å². The Bertz CT molecular complexity index is 201. The Balaban J connectivity index is 4.10. The van der Waals surface area contributed by atoms with E-state index >= 15 is 0 Å². The summed E-state index contributed by atoms with van der Waals surface area (Å²) >= 11 is 0. The van der Waals surface area contributed by atoms with Gasteiger partial charge in [-0.25, -0.2) is 0 Å². The second kappa shape index (κ2) is 10.7.